The number of nitrogens with zero attached hydrogens (tertiary/aromatic N) is 2. The lowest BCUT2D eigenvalue weighted by molar-refractivity contribution is -0.384. The van der Waals surface area contributed by atoms with Crippen LogP contribution in [-0.2, 0) is 11.2 Å². The van der Waals surface area contributed by atoms with Gasteiger partial charge in [0.1, 0.15) is 0 Å². The summed E-state index contributed by atoms with van der Waals surface area (Å²) >= 11 is 0. The summed E-state index contributed by atoms with van der Waals surface area (Å²) in [7, 11) is 0. The Morgan fingerprint density at radius 1 is 1.00 bits per heavy atom. The Bertz CT molecular complexity index is 1310. The number of nitro benzene ring substituents is 1. The Morgan fingerprint density at radius 3 is 2.50 bits per heavy atom. The first-order chi connectivity index (χ1) is 19.4. The van der Waals surface area contributed by atoms with Crippen molar-refractivity contribution in [3.63, 3.8) is 0 Å². The van der Waals surface area contributed by atoms with Crippen molar-refractivity contribution in [1.29, 1.82) is 0 Å². The molecule has 2 N–H and O–H groups in total. The highest BCUT2D eigenvalue weighted by Gasteiger charge is 2.24. The van der Waals surface area contributed by atoms with Crippen molar-refractivity contribution in [1.82, 2.24) is 5.32 Å². The third kappa shape index (κ3) is 7.89. The van der Waals surface area contributed by atoms with Crippen molar-refractivity contribution in [3.8, 4) is 0 Å². The number of hydrogen-bond donors (Lipinski definition) is 2. The molecule has 2 amide bonds. The zero-order valence-electron chi connectivity index (χ0n) is 22.8. The SMILES string of the molecule is CCOCCCNC(=O)c1cc(NC(=O)c2cccc([N+](=O)[O-])c2)ccc1N1CCC(Cc2ccccc2)CC1. The van der Waals surface area contributed by atoms with E-state index in [1.807, 2.05) is 19.1 Å². The van der Waals surface area contributed by atoms with Gasteiger partial charge in [0.15, 0.2) is 0 Å². The minimum Gasteiger partial charge on any atom is -0.382 e. The van der Waals surface area contributed by atoms with Crippen LogP contribution in [-0.4, -0.2) is 49.6 Å². The summed E-state index contributed by atoms with van der Waals surface area (Å²) < 4.78 is 5.37. The number of piperidine rings is 1. The maximum atomic E-state index is 13.3. The highest BCUT2D eigenvalue weighted by molar-refractivity contribution is 6.06. The van der Waals surface area contributed by atoms with E-state index in [1.165, 1.54) is 29.8 Å². The lowest BCUT2D eigenvalue weighted by Gasteiger charge is -2.35. The second-order valence-corrected chi connectivity index (χ2v) is 9.92. The van der Waals surface area contributed by atoms with E-state index in [1.54, 1.807) is 12.1 Å². The van der Waals surface area contributed by atoms with Crippen molar-refractivity contribution in [2.24, 2.45) is 5.92 Å². The zero-order chi connectivity index (χ0) is 28.3. The molecular weight excluding hydrogens is 508 g/mol. The second kappa shape index (κ2) is 14.2. The monoisotopic (exact) mass is 544 g/mol. The van der Waals surface area contributed by atoms with E-state index in [0.29, 0.717) is 43.3 Å². The van der Waals surface area contributed by atoms with Gasteiger partial charge < -0.3 is 20.3 Å². The average molecular weight is 545 g/mol. The third-order valence-electron chi connectivity index (χ3n) is 7.10. The molecule has 9 nitrogen and oxygen atoms in total. The van der Waals surface area contributed by atoms with E-state index in [2.05, 4.69) is 39.8 Å². The van der Waals surface area contributed by atoms with Gasteiger partial charge in [0.25, 0.3) is 17.5 Å². The van der Waals surface area contributed by atoms with Crippen LogP contribution in [0.3, 0.4) is 0 Å². The first-order valence-corrected chi connectivity index (χ1v) is 13.8. The molecule has 3 aromatic rings. The predicted molar refractivity (Wildman–Crippen MR) is 156 cm³/mol. The molecule has 0 atom stereocenters. The van der Waals surface area contributed by atoms with Crippen molar-refractivity contribution in [3.05, 3.63) is 99.6 Å². The molecular formula is C31H36N4O5. The summed E-state index contributed by atoms with van der Waals surface area (Å²) in [6.07, 6.45) is 3.79. The Kier molecular flexibility index (Phi) is 10.2. The van der Waals surface area contributed by atoms with Gasteiger partial charge in [-0.3, -0.25) is 19.7 Å². The van der Waals surface area contributed by atoms with Crippen LogP contribution in [0.1, 0.15) is 52.5 Å². The number of benzene rings is 3. The summed E-state index contributed by atoms with van der Waals surface area (Å²) in [4.78, 5) is 39.0. The largest absolute Gasteiger partial charge is 0.382 e. The summed E-state index contributed by atoms with van der Waals surface area (Å²) in [6, 6.07) is 21.4. The van der Waals surface area contributed by atoms with E-state index < -0.39 is 10.8 Å². The standard InChI is InChI=1S/C31H36N4O5/c1-2-40-19-7-16-32-31(37)28-22-26(33-30(36)25-10-6-11-27(21-25)35(38)39)12-13-29(28)34-17-14-24(15-18-34)20-23-8-4-3-5-9-23/h3-6,8-13,21-22,24H,2,7,14-20H2,1H3,(H,32,37)(H,33,36). The van der Waals surface area contributed by atoms with Crippen LogP contribution >= 0.6 is 0 Å². The van der Waals surface area contributed by atoms with Crippen molar-refractivity contribution < 1.29 is 19.2 Å². The molecule has 1 aliphatic rings. The number of anilines is 2. The van der Waals surface area contributed by atoms with Crippen molar-refractivity contribution in [2.75, 3.05) is 43.1 Å². The van der Waals surface area contributed by atoms with Gasteiger partial charge in [-0.25, -0.2) is 0 Å². The first-order valence-electron chi connectivity index (χ1n) is 13.8. The van der Waals surface area contributed by atoms with Crippen LogP contribution in [0.4, 0.5) is 17.1 Å². The number of ether oxygens (including phenoxy) is 1. The van der Waals surface area contributed by atoms with Gasteiger partial charge in [0.05, 0.1) is 10.5 Å². The molecule has 1 aliphatic heterocycles. The van der Waals surface area contributed by atoms with Gasteiger partial charge in [0.2, 0.25) is 0 Å². The normalized spacial score (nSPS) is 13.6. The highest BCUT2D eigenvalue weighted by Crippen LogP contribution is 2.30. The molecule has 0 bridgehead atoms. The van der Waals surface area contributed by atoms with Crippen LogP contribution in [0.25, 0.3) is 0 Å². The fourth-order valence-corrected chi connectivity index (χ4v) is 4.98. The van der Waals surface area contributed by atoms with E-state index in [4.69, 9.17) is 4.74 Å². The van der Waals surface area contributed by atoms with Crippen LogP contribution in [0.15, 0.2) is 72.8 Å². The molecule has 0 aliphatic carbocycles. The molecule has 0 spiro atoms. The molecule has 210 valence electrons. The lowest BCUT2D eigenvalue weighted by Crippen LogP contribution is -2.36. The summed E-state index contributed by atoms with van der Waals surface area (Å²) in [5, 5.41) is 16.9. The maximum Gasteiger partial charge on any atom is 0.270 e. The van der Waals surface area contributed by atoms with E-state index in [0.717, 1.165) is 38.0 Å². The smallest absolute Gasteiger partial charge is 0.270 e. The number of amides is 2. The molecule has 1 saturated heterocycles. The molecule has 1 heterocycles. The molecule has 1 fully saturated rings. The summed E-state index contributed by atoms with van der Waals surface area (Å²) in [6.45, 7) is 5.27. The van der Waals surface area contributed by atoms with Gasteiger partial charge in [-0.2, -0.15) is 0 Å². The van der Waals surface area contributed by atoms with Crippen molar-refractivity contribution >= 4 is 28.9 Å². The Hall–Kier alpha value is -4.24. The van der Waals surface area contributed by atoms with E-state index >= 15 is 0 Å². The number of carbonyl (C=O) groups excluding carboxylic acids is 2. The number of carbonyl (C=O) groups is 2. The zero-order valence-corrected chi connectivity index (χ0v) is 22.8. The molecule has 9 heteroatoms. The fraction of sp³-hybridized carbons (Fsp3) is 0.355. The van der Waals surface area contributed by atoms with Gasteiger partial charge in [-0.1, -0.05) is 36.4 Å². The van der Waals surface area contributed by atoms with Gasteiger partial charge in [-0.05, 0) is 68.4 Å². The van der Waals surface area contributed by atoms with Crippen molar-refractivity contribution in [2.45, 2.75) is 32.6 Å². The molecule has 0 unspecified atom stereocenters. The third-order valence-corrected chi connectivity index (χ3v) is 7.10. The Labute approximate surface area is 234 Å². The molecule has 4 rings (SSSR count). The molecule has 3 aromatic carbocycles. The minimum atomic E-state index is -0.539. The Morgan fingerprint density at radius 2 is 1.77 bits per heavy atom. The van der Waals surface area contributed by atoms with Crippen LogP contribution in [0, 0.1) is 16.0 Å². The number of nitro groups is 1. The predicted octanol–water partition coefficient (Wildman–Crippen LogP) is 5.46. The van der Waals surface area contributed by atoms with Gasteiger partial charge in [0, 0.05) is 61.9 Å². The van der Waals surface area contributed by atoms with E-state index in [-0.39, 0.29) is 17.2 Å². The number of rotatable bonds is 12. The quantitative estimate of drug-likeness (QED) is 0.178. The fourth-order valence-electron chi connectivity index (χ4n) is 4.98. The molecule has 0 saturated carbocycles. The topological polar surface area (TPSA) is 114 Å². The minimum absolute atomic E-state index is 0.161. The first kappa shape index (κ1) is 28.8. The highest BCUT2D eigenvalue weighted by atomic mass is 16.6. The van der Waals surface area contributed by atoms with Gasteiger partial charge >= 0.3 is 0 Å². The van der Waals surface area contributed by atoms with E-state index in [9.17, 15) is 19.7 Å². The van der Waals surface area contributed by atoms with Crippen LogP contribution in [0.5, 0.6) is 0 Å². The van der Waals surface area contributed by atoms with Crippen LogP contribution < -0.4 is 15.5 Å². The number of nitrogens with one attached hydrogen (secondary N) is 2. The lowest BCUT2D eigenvalue weighted by atomic mass is 9.89. The summed E-state index contributed by atoms with van der Waals surface area (Å²) in [5.41, 5.74) is 3.10. The maximum absolute atomic E-state index is 13.3. The molecule has 0 radical (unpaired) electrons. The Balaban J connectivity index is 1.48. The number of non-ortho nitro benzene ring substituents is 1. The van der Waals surface area contributed by atoms with Crippen LogP contribution in [0.2, 0.25) is 0 Å². The second-order valence-electron chi connectivity index (χ2n) is 9.92. The average Bonchev–Trinajstić information content (AvgIpc) is 2.98. The molecule has 0 aromatic heterocycles. The molecule has 40 heavy (non-hydrogen) atoms. The van der Waals surface area contributed by atoms with Gasteiger partial charge in [-0.15, -0.1) is 0 Å². The summed E-state index contributed by atoms with van der Waals surface area (Å²) in [5.74, 6) is -0.117. The number of hydrogen-bond acceptors (Lipinski definition) is 6.